The number of fused-ring (bicyclic) bond motifs is 1. The highest BCUT2D eigenvalue weighted by Gasteiger charge is 2.42. The Morgan fingerprint density at radius 1 is 1.10 bits per heavy atom. The Morgan fingerprint density at radius 3 is 2.44 bits per heavy atom. The van der Waals surface area contributed by atoms with E-state index in [0.717, 1.165) is 29.7 Å². The zero-order chi connectivity index (χ0) is 28.6. The maximum absolute atomic E-state index is 12.6. The molecule has 4 rings (SSSR count). The monoisotopic (exact) mass is 575 g/mol. The Balaban J connectivity index is 1.62. The molecule has 214 valence electrons. The van der Waals surface area contributed by atoms with Gasteiger partial charge in [0, 0.05) is 37.3 Å². The molecule has 2 aliphatic heterocycles. The summed E-state index contributed by atoms with van der Waals surface area (Å²) in [7, 11) is -2.58. The zero-order valence-electron chi connectivity index (χ0n) is 24.3. The number of aromatic nitrogens is 2. The van der Waals surface area contributed by atoms with E-state index >= 15 is 0 Å². The van der Waals surface area contributed by atoms with Crippen LogP contribution >= 0.6 is 0 Å². The van der Waals surface area contributed by atoms with Crippen molar-refractivity contribution in [3.63, 3.8) is 0 Å². The van der Waals surface area contributed by atoms with Crippen LogP contribution in [0.2, 0.25) is 18.1 Å². The van der Waals surface area contributed by atoms with E-state index in [-0.39, 0.29) is 17.1 Å². The van der Waals surface area contributed by atoms with Crippen LogP contribution in [-0.2, 0) is 14.6 Å². The number of ether oxygens (including phenoxy) is 2. The molecule has 0 saturated carbocycles. The van der Waals surface area contributed by atoms with Crippen LogP contribution in [0, 0.1) is 5.92 Å². The molecule has 2 aliphatic rings. The molecule has 0 radical (unpaired) electrons. The van der Waals surface area contributed by atoms with E-state index in [9.17, 15) is 8.42 Å². The molecule has 39 heavy (non-hydrogen) atoms. The van der Waals surface area contributed by atoms with Crippen molar-refractivity contribution >= 4 is 41.0 Å². The number of anilines is 1. The van der Waals surface area contributed by atoms with Gasteiger partial charge in [-0.25, -0.2) is 9.97 Å². The van der Waals surface area contributed by atoms with Gasteiger partial charge in [0.05, 0.1) is 31.6 Å². The lowest BCUT2D eigenvalue weighted by atomic mass is 9.90. The van der Waals surface area contributed by atoms with Crippen molar-refractivity contribution in [2.45, 2.75) is 64.8 Å². The van der Waals surface area contributed by atoms with Crippen LogP contribution < -0.4 is 14.4 Å². The molecule has 0 bridgehead atoms. The Morgan fingerprint density at radius 2 is 1.79 bits per heavy atom. The van der Waals surface area contributed by atoms with Gasteiger partial charge in [-0.2, -0.15) is 12.8 Å². The molecule has 1 fully saturated rings. The lowest BCUT2D eigenvalue weighted by molar-refractivity contribution is 0.0946. The van der Waals surface area contributed by atoms with Crippen molar-refractivity contribution in [3.05, 3.63) is 30.7 Å². The molecule has 1 saturated heterocycles. The van der Waals surface area contributed by atoms with Gasteiger partial charge in [0.1, 0.15) is 12.1 Å². The van der Waals surface area contributed by atoms with Gasteiger partial charge in [0.2, 0.25) is 0 Å². The van der Waals surface area contributed by atoms with Crippen molar-refractivity contribution in [1.82, 2.24) is 14.3 Å². The molecule has 0 N–H and O–H groups in total. The summed E-state index contributed by atoms with van der Waals surface area (Å²) in [5.41, 5.74) is 1.27. The second kappa shape index (κ2) is 11.1. The Kier molecular flexibility index (Phi) is 8.30. The topological polar surface area (TPSA) is 106 Å². The van der Waals surface area contributed by atoms with E-state index in [1.54, 1.807) is 39.7 Å². The summed E-state index contributed by atoms with van der Waals surface area (Å²) in [6, 6.07) is 3.79. The third-order valence-corrected chi connectivity index (χ3v) is 14.0. The average molecular weight is 576 g/mol. The lowest BCUT2D eigenvalue weighted by Crippen LogP contribution is -2.53. The molecule has 0 amide bonds. The molecule has 2 atom stereocenters. The van der Waals surface area contributed by atoms with Gasteiger partial charge >= 0.3 is 10.2 Å². The van der Waals surface area contributed by atoms with E-state index in [2.05, 4.69) is 53.1 Å². The van der Waals surface area contributed by atoms with Gasteiger partial charge < -0.3 is 18.8 Å². The molecule has 3 heterocycles. The van der Waals surface area contributed by atoms with E-state index in [0.29, 0.717) is 36.7 Å². The molecular formula is C27H41N5O5SSi. The number of piperidine rings is 1. The van der Waals surface area contributed by atoms with Crippen LogP contribution in [0.15, 0.2) is 35.1 Å². The maximum Gasteiger partial charge on any atom is 0.344 e. The fourth-order valence-corrected chi connectivity index (χ4v) is 7.27. The predicted octanol–water partition coefficient (Wildman–Crippen LogP) is 4.79. The van der Waals surface area contributed by atoms with E-state index in [4.69, 9.17) is 13.9 Å². The van der Waals surface area contributed by atoms with Crippen molar-refractivity contribution in [2.24, 2.45) is 10.3 Å². The van der Waals surface area contributed by atoms with Crippen molar-refractivity contribution in [1.29, 1.82) is 0 Å². The third-order valence-electron chi connectivity index (χ3n) is 8.13. The average Bonchev–Trinajstić information content (AvgIpc) is 2.86. The van der Waals surface area contributed by atoms with Crippen LogP contribution in [0.4, 0.5) is 5.82 Å². The Bertz CT molecular complexity index is 1370. The summed E-state index contributed by atoms with van der Waals surface area (Å²) in [5, 5.41) is 0.925. The van der Waals surface area contributed by atoms with Gasteiger partial charge in [-0.3, -0.25) is 4.31 Å². The molecule has 1 aromatic carbocycles. The number of hydrogen-bond acceptors (Lipinski definition) is 8. The molecule has 0 unspecified atom stereocenters. The Labute approximate surface area is 233 Å². The summed E-state index contributed by atoms with van der Waals surface area (Å²) in [6.07, 6.45) is 6.38. The standard InChI is InChI=1S/C27H41N5O5SSi/c1-19-9-13-32(38(33,34)30-19)14-11-20-10-12-31(17-25(20)37-39(7,8)27(2,3)4)26-21-15-23(35-5)24(36-6)16-22(21)28-18-29-26/h9,13,15-16,18,20,25H,10-12,14,17H2,1-8H3/t20-,25+/m0/s1. The fraction of sp³-hybridized carbons (Fsp3) is 0.593. The largest absolute Gasteiger partial charge is 0.493 e. The molecule has 1 aromatic heterocycles. The van der Waals surface area contributed by atoms with Crippen molar-refractivity contribution < 1.29 is 22.3 Å². The molecule has 0 spiro atoms. The fourth-order valence-electron chi connectivity index (χ4n) is 4.81. The highest BCUT2D eigenvalue weighted by atomic mass is 32.2. The number of nitrogens with zero attached hydrogens (tertiary/aromatic N) is 5. The highest BCUT2D eigenvalue weighted by molar-refractivity contribution is 7.88. The van der Waals surface area contributed by atoms with Gasteiger partial charge in [-0.05, 0) is 56.0 Å². The summed E-state index contributed by atoms with van der Waals surface area (Å²) < 4.78 is 48.4. The molecule has 0 aliphatic carbocycles. The highest BCUT2D eigenvalue weighted by Crippen LogP contribution is 2.41. The van der Waals surface area contributed by atoms with Gasteiger partial charge in [-0.1, -0.05) is 20.8 Å². The SMILES string of the molecule is COc1cc2ncnc(N3CC[C@@H](CCN4C=CC(C)=NS4(=O)=O)[C@H](O[Si](C)(C)C(C)(C)C)C3)c2cc1OC. The predicted molar refractivity (Wildman–Crippen MR) is 158 cm³/mol. The minimum atomic E-state index is -3.69. The lowest BCUT2D eigenvalue weighted by Gasteiger charge is -2.46. The van der Waals surface area contributed by atoms with Crippen LogP contribution in [0.5, 0.6) is 11.5 Å². The number of allylic oxidation sites excluding steroid dienone is 1. The van der Waals surface area contributed by atoms with E-state index in [1.807, 2.05) is 12.1 Å². The summed E-state index contributed by atoms with van der Waals surface area (Å²) >= 11 is 0. The number of methoxy groups -OCH3 is 2. The third kappa shape index (κ3) is 6.22. The van der Waals surface area contributed by atoms with Crippen LogP contribution in [0.3, 0.4) is 0 Å². The first-order valence-electron chi connectivity index (χ1n) is 13.3. The van der Waals surface area contributed by atoms with Gasteiger partial charge in [-0.15, -0.1) is 0 Å². The second-order valence-electron chi connectivity index (χ2n) is 11.8. The normalized spacial score (nSPS) is 21.7. The Hall–Kier alpha value is -2.70. The first-order valence-corrected chi connectivity index (χ1v) is 17.6. The quantitative estimate of drug-likeness (QED) is 0.414. The van der Waals surface area contributed by atoms with Gasteiger partial charge in [0.25, 0.3) is 0 Å². The van der Waals surface area contributed by atoms with Gasteiger partial charge in [0.15, 0.2) is 19.8 Å². The van der Waals surface area contributed by atoms with Crippen LogP contribution in [-0.4, -0.2) is 76.7 Å². The minimum absolute atomic E-state index is 0.0382. The minimum Gasteiger partial charge on any atom is -0.493 e. The first kappa shape index (κ1) is 29.3. The maximum atomic E-state index is 12.6. The zero-order valence-corrected chi connectivity index (χ0v) is 26.1. The number of benzene rings is 1. The number of hydrogen-bond donors (Lipinski definition) is 0. The second-order valence-corrected chi connectivity index (χ2v) is 18.1. The van der Waals surface area contributed by atoms with Crippen molar-refractivity contribution in [2.75, 3.05) is 38.8 Å². The van der Waals surface area contributed by atoms with Crippen LogP contribution in [0.1, 0.15) is 40.5 Å². The number of rotatable bonds is 8. The molecule has 2 aromatic rings. The molecular weight excluding hydrogens is 534 g/mol. The van der Waals surface area contributed by atoms with E-state index in [1.165, 1.54) is 4.31 Å². The first-order chi connectivity index (χ1) is 18.3. The van der Waals surface area contributed by atoms with Crippen molar-refractivity contribution in [3.8, 4) is 11.5 Å². The van der Waals surface area contributed by atoms with E-state index < -0.39 is 18.5 Å². The molecule has 10 nitrogen and oxygen atoms in total. The summed E-state index contributed by atoms with van der Waals surface area (Å²) in [5.74, 6) is 2.26. The molecule has 12 heteroatoms. The van der Waals surface area contributed by atoms with Crippen LogP contribution in [0.25, 0.3) is 10.9 Å². The summed E-state index contributed by atoms with van der Waals surface area (Å²) in [6.45, 7) is 14.7. The summed E-state index contributed by atoms with van der Waals surface area (Å²) in [4.78, 5) is 11.4. The smallest absolute Gasteiger partial charge is 0.344 e.